The number of hydrogen-bond donors (Lipinski definition) is 1. The lowest BCUT2D eigenvalue weighted by Crippen LogP contribution is -2.39. The third-order valence-electron chi connectivity index (χ3n) is 3.40. The van der Waals surface area contributed by atoms with Crippen molar-refractivity contribution in [3.05, 3.63) is 23.9 Å². The third kappa shape index (κ3) is 3.20. The van der Waals surface area contributed by atoms with Gasteiger partial charge in [0.05, 0.1) is 0 Å². The molecule has 1 heterocycles. The number of nitrogens with one attached hydrogen (secondary N) is 1. The molecule has 1 rings (SSSR count). The first-order valence-electron chi connectivity index (χ1n) is 5.83. The Morgan fingerprint density at radius 1 is 1.38 bits per heavy atom. The minimum atomic E-state index is 0.238. The number of rotatable bonds is 5. The summed E-state index contributed by atoms with van der Waals surface area (Å²) in [6, 6.07) is 4.14. The van der Waals surface area contributed by atoms with E-state index in [0.717, 1.165) is 18.8 Å². The zero-order valence-corrected chi connectivity index (χ0v) is 11.0. The van der Waals surface area contributed by atoms with Crippen LogP contribution in [0.5, 0.6) is 0 Å². The molecule has 16 heavy (non-hydrogen) atoms. The van der Waals surface area contributed by atoms with Crippen LogP contribution < -0.4 is 5.32 Å². The van der Waals surface area contributed by atoms with Crippen LogP contribution in [0.25, 0.3) is 0 Å². The molecule has 0 aromatic carbocycles. The summed E-state index contributed by atoms with van der Waals surface area (Å²) in [4.78, 5) is 6.68. The largest absolute Gasteiger partial charge is 0.373 e. The first-order valence-corrected chi connectivity index (χ1v) is 5.83. The van der Waals surface area contributed by atoms with Crippen molar-refractivity contribution in [1.29, 1.82) is 0 Å². The molecule has 0 saturated heterocycles. The number of pyridine rings is 1. The van der Waals surface area contributed by atoms with Crippen LogP contribution in [0.15, 0.2) is 18.3 Å². The average molecular weight is 221 g/mol. The fourth-order valence-corrected chi connectivity index (χ4v) is 1.42. The van der Waals surface area contributed by atoms with Gasteiger partial charge in [-0.2, -0.15) is 0 Å². The van der Waals surface area contributed by atoms with Gasteiger partial charge in [-0.1, -0.05) is 13.0 Å². The predicted molar refractivity (Wildman–Crippen MR) is 69.6 cm³/mol. The van der Waals surface area contributed by atoms with E-state index in [4.69, 9.17) is 0 Å². The molecule has 0 aliphatic carbocycles. The molecule has 0 unspecified atom stereocenters. The standard InChI is InChI=1S/C13H23N3/c1-6-13(2,3)16(5)10-11-7-8-12(14-4)15-9-11/h7-9H,6,10H2,1-5H3,(H,14,15). The summed E-state index contributed by atoms with van der Waals surface area (Å²) in [7, 11) is 4.05. The number of aromatic nitrogens is 1. The van der Waals surface area contributed by atoms with Crippen LogP contribution in [-0.4, -0.2) is 29.5 Å². The lowest BCUT2D eigenvalue weighted by atomic mass is 9.99. The second-order valence-corrected chi connectivity index (χ2v) is 4.82. The highest BCUT2D eigenvalue weighted by molar-refractivity contribution is 5.34. The van der Waals surface area contributed by atoms with Crippen LogP contribution in [0.4, 0.5) is 5.82 Å². The van der Waals surface area contributed by atoms with E-state index in [9.17, 15) is 0 Å². The molecular formula is C13H23N3. The molecule has 3 nitrogen and oxygen atoms in total. The second kappa shape index (κ2) is 5.30. The van der Waals surface area contributed by atoms with Gasteiger partial charge in [0.25, 0.3) is 0 Å². The van der Waals surface area contributed by atoms with Gasteiger partial charge in [-0.15, -0.1) is 0 Å². The quantitative estimate of drug-likeness (QED) is 0.828. The molecule has 0 aliphatic heterocycles. The molecule has 0 spiro atoms. The monoisotopic (exact) mass is 221 g/mol. The molecule has 0 saturated carbocycles. The first kappa shape index (κ1) is 13.0. The Labute approximate surface area is 98.9 Å². The lowest BCUT2D eigenvalue weighted by molar-refractivity contribution is 0.143. The van der Waals surface area contributed by atoms with Crippen LogP contribution in [-0.2, 0) is 6.54 Å². The molecular weight excluding hydrogens is 198 g/mol. The normalized spacial score (nSPS) is 11.9. The van der Waals surface area contributed by atoms with Gasteiger partial charge in [-0.05, 0) is 38.9 Å². The molecule has 0 bridgehead atoms. The van der Waals surface area contributed by atoms with Crippen LogP contribution in [0.1, 0.15) is 32.8 Å². The van der Waals surface area contributed by atoms with Crippen molar-refractivity contribution in [2.24, 2.45) is 0 Å². The maximum atomic E-state index is 4.32. The van der Waals surface area contributed by atoms with Crippen molar-refractivity contribution < 1.29 is 0 Å². The van der Waals surface area contributed by atoms with Crippen molar-refractivity contribution in [3.8, 4) is 0 Å². The molecule has 3 heteroatoms. The van der Waals surface area contributed by atoms with E-state index >= 15 is 0 Å². The van der Waals surface area contributed by atoms with Gasteiger partial charge in [0.2, 0.25) is 0 Å². The molecule has 0 aliphatic rings. The molecule has 0 radical (unpaired) electrons. The summed E-state index contributed by atoms with van der Waals surface area (Å²) < 4.78 is 0. The van der Waals surface area contributed by atoms with Gasteiger partial charge >= 0.3 is 0 Å². The smallest absolute Gasteiger partial charge is 0.125 e. The summed E-state index contributed by atoms with van der Waals surface area (Å²) >= 11 is 0. The minimum absolute atomic E-state index is 0.238. The highest BCUT2D eigenvalue weighted by Crippen LogP contribution is 2.19. The Kier molecular flexibility index (Phi) is 4.30. The molecule has 0 fully saturated rings. The summed E-state index contributed by atoms with van der Waals surface area (Å²) in [5.74, 6) is 0.918. The van der Waals surface area contributed by atoms with Crippen molar-refractivity contribution in [2.75, 3.05) is 19.4 Å². The van der Waals surface area contributed by atoms with Gasteiger partial charge in [0.15, 0.2) is 0 Å². The van der Waals surface area contributed by atoms with E-state index in [0.29, 0.717) is 0 Å². The maximum Gasteiger partial charge on any atom is 0.125 e. The average Bonchev–Trinajstić information content (AvgIpc) is 2.30. The zero-order chi connectivity index (χ0) is 12.2. The Morgan fingerprint density at radius 3 is 2.50 bits per heavy atom. The van der Waals surface area contributed by atoms with Gasteiger partial charge in [0, 0.05) is 25.3 Å². The molecule has 1 aromatic rings. The SMILES string of the molecule is CCC(C)(C)N(C)Cc1ccc(NC)nc1. The van der Waals surface area contributed by atoms with Crippen LogP contribution in [0, 0.1) is 0 Å². The topological polar surface area (TPSA) is 28.2 Å². The number of anilines is 1. The van der Waals surface area contributed by atoms with E-state index in [1.54, 1.807) is 0 Å². The van der Waals surface area contributed by atoms with E-state index in [-0.39, 0.29) is 5.54 Å². The highest BCUT2D eigenvalue weighted by Gasteiger charge is 2.20. The van der Waals surface area contributed by atoms with E-state index in [1.807, 2.05) is 19.3 Å². The minimum Gasteiger partial charge on any atom is -0.373 e. The van der Waals surface area contributed by atoms with Gasteiger partial charge in [-0.3, -0.25) is 4.90 Å². The van der Waals surface area contributed by atoms with E-state index < -0.39 is 0 Å². The van der Waals surface area contributed by atoms with Crippen LogP contribution in [0.2, 0.25) is 0 Å². The van der Waals surface area contributed by atoms with Gasteiger partial charge in [-0.25, -0.2) is 4.98 Å². The van der Waals surface area contributed by atoms with Crippen LogP contribution >= 0.6 is 0 Å². The van der Waals surface area contributed by atoms with Gasteiger partial charge < -0.3 is 5.32 Å². The third-order valence-corrected chi connectivity index (χ3v) is 3.40. The van der Waals surface area contributed by atoms with Gasteiger partial charge in [0.1, 0.15) is 5.82 Å². The van der Waals surface area contributed by atoms with E-state index in [1.165, 1.54) is 5.56 Å². The summed E-state index contributed by atoms with van der Waals surface area (Å²) in [5.41, 5.74) is 1.49. The van der Waals surface area contributed by atoms with E-state index in [2.05, 4.69) is 49.1 Å². The fourth-order valence-electron chi connectivity index (χ4n) is 1.42. The molecule has 1 N–H and O–H groups in total. The van der Waals surface area contributed by atoms with Crippen molar-refractivity contribution in [3.63, 3.8) is 0 Å². The Morgan fingerprint density at radius 2 is 2.06 bits per heavy atom. The maximum absolute atomic E-state index is 4.32. The van der Waals surface area contributed by atoms with Crippen molar-refractivity contribution >= 4 is 5.82 Å². The predicted octanol–water partition coefficient (Wildman–Crippen LogP) is 2.74. The summed E-state index contributed by atoms with van der Waals surface area (Å²) in [6.07, 6.45) is 3.08. The summed E-state index contributed by atoms with van der Waals surface area (Å²) in [6.45, 7) is 7.70. The number of hydrogen-bond acceptors (Lipinski definition) is 3. The first-order chi connectivity index (χ1) is 7.49. The van der Waals surface area contributed by atoms with Crippen molar-refractivity contribution in [1.82, 2.24) is 9.88 Å². The number of nitrogens with zero attached hydrogens (tertiary/aromatic N) is 2. The molecule has 1 aromatic heterocycles. The van der Waals surface area contributed by atoms with Crippen molar-refractivity contribution in [2.45, 2.75) is 39.3 Å². The zero-order valence-electron chi connectivity index (χ0n) is 11.0. The fraction of sp³-hybridized carbons (Fsp3) is 0.615. The summed E-state index contributed by atoms with van der Waals surface area (Å²) in [5, 5.41) is 3.02. The molecule has 90 valence electrons. The Hall–Kier alpha value is -1.09. The lowest BCUT2D eigenvalue weighted by Gasteiger charge is -2.34. The Balaban J connectivity index is 2.66. The second-order valence-electron chi connectivity index (χ2n) is 4.82. The molecule has 0 amide bonds. The van der Waals surface area contributed by atoms with Crippen LogP contribution in [0.3, 0.4) is 0 Å². The highest BCUT2D eigenvalue weighted by atomic mass is 15.2. The molecule has 0 atom stereocenters. The Bertz CT molecular complexity index is 316.